The summed E-state index contributed by atoms with van der Waals surface area (Å²) in [6.45, 7) is 0.00424. The fourth-order valence-corrected chi connectivity index (χ4v) is 0.851. The first-order valence-corrected chi connectivity index (χ1v) is 3.76. The van der Waals surface area contributed by atoms with Crippen LogP contribution in [-0.4, -0.2) is 16.8 Å². The molecule has 0 aliphatic carbocycles. The Labute approximate surface area is 80.2 Å². The number of hydrogen-bond acceptors (Lipinski definition) is 3. The van der Waals surface area contributed by atoms with E-state index in [1.54, 1.807) is 0 Å². The minimum atomic E-state index is -0.0987. The summed E-state index contributed by atoms with van der Waals surface area (Å²) in [5, 5.41) is 21.8. The van der Waals surface area contributed by atoms with Gasteiger partial charge in [-0.1, -0.05) is 23.0 Å². The third-order valence-corrected chi connectivity index (χ3v) is 1.45. The van der Waals surface area contributed by atoms with Crippen LogP contribution in [0, 0.1) is 11.8 Å². The van der Waals surface area contributed by atoms with Crippen molar-refractivity contribution in [3.63, 3.8) is 0 Å². The first kappa shape index (κ1) is 9.78. The van der Waals surface area contributed by atoms with Crippen LogP contribution < -0.4 is 0 Å². The third-order valence-electron chi connectivity index (χ3n) is 1.45. The lowest BCUT2D eigenvalue weighted by Gasteiger charge is -1.98. The molecule has 1 aromatic carbocycles. The van der Waals surface area contributed by atoms with E-state index in [1.807, 2.05) is 0 Å². The predicted octanol–water partition coefficient (Wildman–Crippen LogP) is 1.76. The number of phenolic OH excluding ortho intramolecular Hbond substituents is 2. The molecule has 14 heavy (non-hydrogen) atoms. The highest BCUT2D eigenvalue weighted by atomic mass is 16.3. The molecule has 0 spiro atoms. The van der Waals surface area contributed by atoms with Crippen molar-refractivity contribution >= 4 is 0 Å². The Balaban J connectivity index is 2.94. The van der Waals surface area contributed by atoms with Crippen LogP contribution in [0.5, 0.6) is 11.5 Å². The van der Waals surface area contributed by atoms with Gasteiger partial charge in [-0.25, -0.2) is 0 Å². The molecule has 0 saturated heterocycles. The van der Waals surface area contributed by atoms with Gasteiger partial charge in [0.2, 0.25) is 0 Å². The molecule has 0 unspecified atom stereocenters. The molecule has 0 atom stereocenters. The number of phenols is 2. The highest BCUT2D eigenvalue weighted by Gasteiger charge is 2.01. The second-order valence-electron chi connectivity index (χ2n) is 2.36. The van der Waals surface area contributed by atoms with Crippen molar-refractivity contribution in [3.05, 3.63) is 34.2 Å². The van der Waals surface area contributed by atoms with Gasteiger partial charge in [-0.3, -0.25) is 0 Å². The van der Waals surface area contributed by atoms with Crippen molar-refractivity contribution in [3.8, 4) is 23.3 Å². The average Bonchev–Trinajstić information content (AvgIpc) is 2.16. The molecule has 0 aromatic heterocycles. The second kappa shape index (κ2) is 4.65. The van der Waals surface area contributed by atoms with Gasteiger partial charge in [-0.2, -0.15) is 0 Å². The van der Waals surface area contributed by atoms with Crippen LogP contribution in [0.4, 0.5) is 0 Å². The fourth-order valence-electron chi connectivity index (χ4n) is 0.851. The van der Waals surface area contributed by atoms with Gasteiger partial charge in [0.15, 0.2) is 0 Å². The van der Waals surface area contributed by atoms with E-state index in [0.717, 1.165) is 0 Å². The van der Waals surface area contributed by atoms with Crippen LogP contribution in [0.3, 0.4) is 0 Å². The first-order valence-electron chi connectivity index (χ1n) is 3.76. The van der Waals surface area contributed by atoms with Crippen molar-refractivity contribution in [2.75, 3.05) is 6.54 Å². The van der Waals surface area contributed by atoms with Gasteiger partial charge in [-0.05, 0) is 17.7 Å². The van der Waals surface area contributed by atoms with E-state index in [2.05, 4.69) is 21.9 Å². The second-order valence-corrected chi connectivity index (χ2v) is 2.36. The molecule has 0 aliphatic heterocycles. The first-order chi connectivity index (χ1) is 6.75. The van der Waals surface area contributed by atoms with Crippen molar-refractivity contribution < 1.29 is 10.2 Å². The van der Waals surface area contributed by atoms with Gasteiger partial charge in [0.05, 0.1) is 6.54 Å². The highest BCUT2D eigenvalue weighted by molar-refractivity contribution is 5.53. The van der Waals surface area contributed by atoms with Gasteiger partial charge in [0.25, 0.3) is 0 Å². The lowest BCUT2D eigenvalue weighted by Crippen LogP contribution is -1.78. The van der Waals surface area contributed by atoms with Crippen molar-refractivity contribution in [1.29, 1.82) is 0 Å². The van der Waals surface area contributed by atoms with E-state index in [1.165, 1.54) is 18.2 Å². The molecule has 0 heterocycles. The highest BCUT2D eigenvalue weighted by Crippen LogP contribution is 2.24. The number of aromatic hydroxyl groups is 2. The van der Waals surface area contributed by atoms with E-state index < -0.39 is 0 Å². The summed E-state index contributed by atoms with van der Waals surface area (Å²) in [6, 6.07) is 4.33. The number of nitrogens with zero attached hydrogens (tertiary/aromatic N) is 3. The molecular formula is C9H7N3O2. The summed E-state index contributed by atoms with van der Waals surface area (Å²) in [6.07, 6.45) is 0. The molecular weight excluding hydrogens is 182 g/mol. The monoisotopic (exact) mass is 189 g/mol. The minimum absolute atomic E-state index is 0.00424. The van der Waals surface area contributed by atoms with E-state index >= 15 is 0 Å². The number of azide groups is 1. The van der Waals surface area contributed by atoms with Gasteiger partial charge < -0.3 is 10.2 Å². The SMILES string of the molecule is [N-]=[N+]=NCC#Cc1c(O)cccc1O. The lowest BCUT2D eigenvalue weighted by molar-refractivity contribution is 0.448. The zero-order valence-corrected chi connectivity index (χ0v) is 7.18. The number of hydrogen-bond donors (Lipinski definition) is 2. The van der Waals surface area contributed by atoms with Crippen LogP contribution in [0.15, 0.2) is 23.3 Å². The molecule has 2 N–H and O–H groups in total. The Bertz CT molecular complexity index is 419. The molecule has 0 saturated carbocycles. The topological polar surface area (TPSA) is 89.2 Å². The molecule has 0 aliphatic rings. The van der Waals surface area contributed by atoms with Crippen LogP contribution in [0.2, 0.25) is 0 Å². The normalized spacial score (nSPS) is 8.29. The summed E-state index contributed by atoms with van der Waals surface area (Å²) in [5.74, 6) is 4.80. The predicted molar refractivity (Wildman–Crippen MR) is 50.7 cm³/mol. The van der Waals surface area contributed by atoms with Crippen molar-refractivity contribution in [1.82, 2.24) is 0 Å². The lowest BCUT2D eigenvalue weighted by atomic mass is 10.2. The zero-order valence-electron chi connectivity index (χ0n) is 7.18. The maximum absolute atomic E-state index is 9.28. The van der Waals surface area contributed by atoms with Crippen molar-refractivity contribution in [2.45, 2.75) is 0 Å². The van der Waals surface area contributed by atoms with Crippen LogP contribution in [-0.2, 0) is 0 Å². The molecule has 70 valence electrons. The van der Waals surface area contributed by atoms with Gasteiger partial charge in [-0.15, -0.1) is 0 Å². The summed E-state index contributed by atoms with van der Waals surface area (Å²) < 4.78 is 0. The molecule has 1 aromatic rings. The van der Waals surface area contributed by atoms with Gasteiger partial charge in [0.1, 0.15) is 17.1 Å². The van der Waals surface area contributed by atoms with Gasteiger partial charge >= 0.3 is 0 Å². The molecule has 0 amide bonds. The Hall–Kier alpha value is -2.31. The minimum Gasteiger partial charge on any atom is -0.507 e. The largest absolute Gasteiger partial charge is 0.507 e. The molecule has 1 rings (SSSR count). The summed E-state index contributed by atoms with van der Waals surface area (Å²) in [4.78, 5) is 2.51. The molecule has 5 nitrogen and oxygen atoms in total. The zero-order chi connectivity index (χ0) is 10.4. The Morgan fingerprint density at radius 3 is 2.57 bits per heavy atom. The van der Waals surface area contributed by atoms with E-state index in [-0.39, 0.29) is 23.6 Å². The Morgan fingerprint density at radius 1 is 1.36 bits per heavy atom. The van der Waals surface area contributed by atoms with E-state index in [4.69, 9.17) is 5.53 Å². The van der Waals surface area contributed by atoms with Gasteiger partial charge in [0, 0.05) is 4.91 Å². The quantitative estimate of drug-likeness (QED) is 0.305. The standard InChI is InChI=1S/C9H7N3O2/c10-12-11-6-2-3-7-8(13)4-1-5-9(7)14/h1,4-5,13-14H,6H2. The Morgan fingerprint density at radius 2 is 2.00 bits per heavy atom. The van der Waals surface area contributed by atoms with E-state index in [9.17, 15) is 10.2 Å². The number of rotatable bonds is 1. The van der Waals surface area contributed by atoms with Crippen LogP contribution in [0.1, 0.15) is 5.56 Å². The third kappa shape index (κ3) is 2.34. The van der Waals surface area contributed by atoms with Crippen molar-refractivity contribution in [2.24, 2.45) is 5.11 Å². The van der Waals surface area contributed by atoms with Crippen LogP contribution in [0.25, 0.3) is 10.4 Å². The summed E-state index contributed by atoms with van der Waals surface area (Å²) in [7, 11) is 0. The Kier molecular flexibility index (Phi) is 3.25. The van der Waals surface area contributed by atoms with E-state index in [0.29, 0.717) is 0 Å². The maximum Gasteiger partial charge on any atom is 0.134 e. The average molecular weight is 189 g/mol. The maximum atomic E-state index is 9.28. The smallest absolute Gasteiger partial charge is 0.134 e. The number of benzene rings is 1. The molecule has 5 heteroatoms. The molecule has 0 radical (unpaired) electrons. The molecule has 0 bridgehead atoms. The molecule has 0 fully saturated rings. The fraction of sp³-hybridized carbons (Fsp3) is 0.111. The van der Waals surface area contributed by atoms with Crippen LogP contribution >= 0.6 is 0 Å². The summed E-state index contributed by atoms with van der Waals surface area (Å²) >= 11 is 0. The summed E-state index contributed by atoms with van der Waals surface area (Å²) in [5.41, 5.74) is 8.10.